The highest BCUT2D eigenvalue weighted by Gasteiger charge is 2.20. The van der Waals surface area contributed by atoms with Crippen molar-refractivity contribution >= 4 is 11.9 Å². The van der Waals surface area contributed by atoms with Crippen molar-refractivity contribution in [1.82, 2.24) is 4.57 Å². The normalized spacial score (nSPS) is 11.2. The first kappa shape index (κ1) is 18.4. The highest BCUT2D eigenvalue weighted by molar-refractivity contribution is 5.89. The molecule has 1 aromatic heterocycles. The molecular weight excluding hydrogens is 329 g/mol. The molecule has 0 unspecified atom stereocenters. The van der Waals surface area contributed by atoms with Crippen LogP contribution in [0.4, 0.5) is 4.39 Å². The molecule has 1 aromatic carbocycles. The summed E-state index contributed by atoms with van der Waals surface area (Å²) in [5, 5.41) is 9.23. The van der Waals surface area contributed by atoms with Crippen LogP contribution in [-0.2, 0) is 16.1 Å². The Kier molecular flexibility index (Phi) is 5.06. The number of ether oxygens (including phenoxy) is 1. The van der Waals surface area contributed by atoms with E-state index in [0.29, 0.717) is 0 Å². The quantitative estimate of drug-likeness (QED) is 0.860. The Balaban J connectivity index is 2.53. The molecule has 0 radical (unpaired) electrons. The van der Waals surface area contributed by atoms with Gasteiger partial charge in [-0.3, -0.25) is 9.59 Å². The van der Waals surface area contributed by atoms with E-state index in [-0.39, 0.29) is 11.1 Å². The second-order valence-electron chi connectivity index (χ2n) is 6.45. The van der Waals surface area contributed by atoms with Gasteiger partial charge in [0.2, 0.25) is 0 Å². The van der Waals surface area contributed by atoms with Crippen molar-refractivity contribution in [3.63, 3.8) is 0 Å². The summed E-state index contributed by atoms with van der Waals surface area (Å²) in [4.78, 5) is 35.6. The maximum Gasteiger partial charge on any atom is 0.341 e. The lowest BCUT2D eigenvalue weighted by Gasteiger charge is -2.20. The topological polar surface area (TPSA) is 85.6 Å². The van der Waals surface area contributed by atoms with Gasteiger partial charge in [-0.15, -0.1) is 0 Å². The molecule has 0 aliphatic carbocycles. The summed E-state index contributed by atoms with van der Waals surface area (Å²) in [6.07, 6.45) is 1.25. The summed E-state index contributed by atoms with van der Waals surface area (Å²) in [5.41, 5.74) is -1.86. The van der Waals surface area contributed by atoms with E-state index < -0.39 is 41.0 Å². The van der Waals surface area contributed by atoms with Gasteiger partial charge in [0.25, 0.3) is 5.56 Å². The SMILES string of the molecule is CC(C)(C)OC(=O)Cn1cc(-c2ccccc2F)cc(C(=O)O)c1=O. The van der Waals surface area contributed by atoms with Crippen LogP contribution in [0.1, 0.15) is 31.1 Å². The van der Waals surface area contributed by atoms with E-state index in [0.717, 1.165) is 10.6 Å². The van der Waals surface area contributed by atoms with Crippen molar-refractivity contribution in [2.75, 3.05) is 0 Å². The molecule has 0 saturated carbocycles. The summed E-state index contributed by atoms with van der Waals surface area (Å²) in [6.45, 7) is 4.54. The predicted octanol–water partition coefficient (Wildman–Crippen LogP) is 2.69. The summed E-state index contributed by atoms with van der Waals surface area (Å²) in [5.74, 6) is -2.72. The van der Waals surface area contributed by atoms with Gasteiger partial charge in [0.15, 0.2) is 0 Å². The average molecular weight is 347 g/mol. The number of nitrogens with zero attached hydrogens (tertiary/aromatic N) is 1. The molecule has 0 atom stereocenters. The lowest BCUT2D eigenvalue weighted by Crippen LogP contribution is -2.32. The van der Waals surface area contributed by atoms with Crippen molar-refractivity contribution in [2.24, 2.45) is 0 Å². The fourth-order valence-electron chi connectivity index (χ4n) is 2.26. The minimum absolute atomic E-state index is 0.128. The molecular formula is C18H18FNO5. The van der Waals surface area contributed by atoms with Gasteiger partial charge in [0.1, 0.15) is 23.5 Å². The maximum atomic E-state index is 14.0. The number of aromatic nitrogens is 1. The molecule has 25 heavy (non-hydrogen) atoms. The smallest absolute Gasteiger partial charge is 0.341 e. The fraction of sp³-hybridized carbons (Fsp3) is 0.278. The number of hydrogen-bond donors (Lipinski definition) is 1. The van der Waals surface area contributed by atoms with Gasteiger partial charge in [-0.25, -0.2) is 9.18 Å². The zero-order chi connectivity index (χ0) is 18.8. The molecule has 2 aromatic rings. The molecule has 132 valence electrons. The first-order chi connectivity index (χ1) is 11.6. The molecule has 0 aliphatic heterocycles. The van der Waals surface area contributed by atoms with E-state index in [1.54, 1.807) is 26.8 Å². The monoisotopic (exact) mass is 347 g/mol. The van der Waals surface area contributed by atoms with Crippen LogP contribution in [-0.4, -0.2) is 27.2 Å². The molecule has 0 saturated heterocycles. The van der Waals surface area contributed by atoms with Crippen molar-refractivity contribution in [3.8, 4) is 11.1 Å². The summed E-state index contributed by atoms with van der Waals surface area (Å²) < 4.78 is 20.1. The number of halogens is 1. The first-order valence-corrected chi connectivity index (χ1v) is 7.53. The second-order valence-corrected chi connectivity index (χ2v) is 6.45. The molecule has 0 spiro atoms. The molecule has 0 fully saturated rings. The largest absolute Gasteiger partial charge is 0.477 e. The van der Waals surface area contributed by atoms with Crippen molar-refractivity contribution in [2.45, 2.75) is 32.9 Å². The summed E-state index contributed by atoms with van der Waals surface area (Å²) >= 11 is 0. The molecule has 0 amide bonds. The zero-order valence-electron chi connectivity index (χ0n) is 14.1. The molecule has 0 aliphatic rings. The van der Waals surface area contributed by atoms with E-state index in [9.17, 15) is 23.9 Å². The van der Waals surface area contributed by atoms with Crippen LogP contribution in [0, 0.1) is 5.82 Å². The van der Waals surface area contributed by atoms with Gasteiger partial charge in [0, 0.05) is 17.3 Å². The molecule has 1 heterocycles. The Hall–Kier alpha value is -2.96. The van der Waals surface area contributed by atoms with Crippen molar-refractivity contribution in [3.05, 3.63) is 58.3 Å². The molecule has 0 bridgehead atoms. The van der Waals surface area contributed by atoms with E-state index >= 15 is 0 Å². The van der Waals surface area contributed by atoms with E-state index in [2.05, 4.69) is 0 Å². The third-order valence-electron chi connectivity index (χ3n) is 3.22. The third-order valence-corrected chi connectivity index (χ3v) is 3.22. The lowest BCUT2D eigenvalue weighted by atomic mass is 10.0. The van der Waals surface area contributed by atoms with E-state index in [1.165, 1.54) is 24.4 Å². The van der Waals surface area contributed by atoms with Crippen LogP contribution in [0.15, 0.2) is 41.3 Å². The number of esters is 1. The van der Waals surface area contributed by atoms with E-state index in [1.807, 2.05) is 0 Å². The number of carbonyl (C=O) groups is 2. The van der Waals surface area contributed by atoms with Crippen LogP contribution in [0.2, 0.25) is 0 Å². The maximum absolute atomic E-state index is 14.0. The molecule has 7 heteroatoms. The van der Waals surface area contributed by atoms with Crippen molar-refractivity contribution in [1.29, 1.82) is 0 Å². The number of rotatable bonds is 4. The highest BCUT2D eigenvalue weighted by atomic mass is 19.1. The van der Waals surface area contributed by atoms with Gasteiger partial charge < -0.3 is 14.4 Å². The zero-order valence-corrected chi connectivity index (χ0v) is 14.1. The fourth-order valence-corrected chi connectivity index (χ4v) is 2.26. The Labute approximate surface area is 143 Å². The third kappa shape index (κ3) is 4.53. The second kappa shape index (κ2) is 6.88. The Morgan fingerprint density at radius 1 is 1.24 bits per heavy atom. The van der Waals surface area contributed by atoms with Gasteiger partial charge in [-0.1, -0.05) is 18.2 Å². The Bertz CT molecular complexity index is 880. The Morgan fingerprint density at radius 3 is 2.44 bits per heavy atom. The lowest BCUT2D eigenvalue weighted by molar-refractivity contribution is -0.155. The van der Waals surface area contributed by atoms with Gasteiger partial charge in [-0.05, 0) is 32.9 Å². The summed E-state index contributed by atoms with van der Waals surface area (Å²) in [7, 11) is 0. The average Bonchev–Trinajstić information content (AvgIpc) is 2.47. The van der Waals surface area contributed by atoms with Crippen LogP contribution < -0.4 is 5.56 Å². The van der Waals surface area contributed by atoms with Gasteiger partial charge in [0.05, 0.1) is 0 Å². The number of aromatic carboxylic acids is 1. The predicted molar refractivity (Wildman–Crippen MR) is 88.9 cm³/mol. The van der Waals surface area contributed by atoms with Gasteiger partial charge >= 0.3 is 11.9 Å². The molecule has 2 rings (SSSR count). The number of hydrogen-bond acceptors (Lipinski definition) is 4. The Morgan fingerprint density at radius 2 is 1.88 bits per heavy atom. The summed E-state index contributed by atoms with van der Waals surface area (Å²) in [6, 6.07) is 6.85. The van der Waals surface area contributed by atoms with Crippen LogP contribution in [0.5, 0.6) is 0 Å². The standard InChI is InChI=1S/C18H18FNO5/c1-18(2,3)25-15(21)10-20-9-11(8-13(16(20)22)17(23)24)12-6-4-5-7-14(12)19/h4-9H,10H2,1-3H3,(H,23,24). The highest BCUT2D eigenvalue weighted by Crippen LogP contribution is 2.22. The van der Waals surface area contributed by atoms with Crippen LogP contribution >= 0.6 is 0 Å². The molecule has 6 nitrogen and oxygen atoms in total. The minimum atomic E-state index is -1.46. The van der Waals surface area contributed by atoms with Gasteiger partial charge in [-0.2, -0.15) is 0 Å². The first-order valence-electron chi connectivity index (χ1n) is 7.53. The minimum Gasteiger partial charge on any atom is -0.477 e. The van der Waals surface area contributed by atoms with Crippen LogP contribution in [0.25, 0.3) is 11.1 Å². The number of benzene rings is 1. The number of pyridine rings is 1. The molecule has 1 N–H and O–H groups in total. The number of carboxylic acids is 1. The van der Waals surface area contributed by atoms with Crippen LogP contribution in [0.3, 0.4) is 0 Å². The van der Waals surface area contributed by atoms with E-state index in [4.69, 9.17) is 4.74 Å². The van der Waals surface area contributed by atoms with Crippen molar-refractivity contribution < 1.29 is 23.8 Å². The number of carboxylic acid groups (broad SMARTS) is 1. The number of carbonyl (C=O) groups excluding carboxylic acids is 1.